The molecule has 0 bridgehead atoms. The van der Waals surface area contributed by atoms with Crippen molar-refractivity contribution in [3.63, 3.8) is 0 Å². The maximum Gasteiger partial charge on any atom is 0.293 e. The highest BCUT2D eigenvalue weighted by Gasteiger charge is 2.20. The van der Waals surface area contributed by atoms with Gasteiger partial charge in [-0.25, -0.2) is 8.42 Å². The van der Waals surface area contributed by atoms with Crippen molar-refractivity contribution in [2.24, 2.45) is 0 Å². The van der Waals surface area contributed by atoms with Gasteiger partial charge in [-0.2, -0.15) is 0 Å². The molecule has 1 N–H and O–H groups in total. The van der Waals surface area contributed by atoms with Crippen LogP contribution in [0.5, 0.6) is 0 Å². The summed E-state index contributed by atoms with van der Waals surface area (Å²) in [4.78, 5) is 10.2. The topological polar surface area (TPSA) is 89.3 Å². The second-order valence-electron chi connectivity index (χ2n) is 3.84. The van der Waals surface area contributed by atoms with Crippen LogP contribution in [0.1, 0.15) is 0 Å². The average Bonchev–Trinajstić information content (AvgIpc) is 2.38. The summed E-state index contributed by atoms with van der Waals surface area (Å²) in [5.41, 5.74) is -0.372. The van der Waals surface area contributed by atoms with Gasteiger partial charge in [0.25, 0.3) is 15.7 Å². The van der Waals surface area contributed by atoms with E-state index >= 15 is 0 Å². The van der Waals surface area contributed by atoms with Gasteiger partial charge >= 0.3 is 0 Å². The molecular weight excluding hydrogens is 348 g/mol. The lowest BCUT2D eigenvalue weighted by atomic mass is 10.3. The van der Waals surface area contributed by atoms with Crippen molar-refractivity contribution in [1.82, 2.24) is 0 Å². The van der Waals surface area contributed by atoms with Crippen LogP contribution in [0.3, 0.4) is 0 Å². The fourth-order valence-corrected chi connectivity index (χ4v) is 3.23. The molecule has 0 atom stereocenters. The SMILES string of the molecule is O=[N+]([O-])c1ccccc1NS(=O)(=O)c1cccc(Br)c1. The van der Waals surface area contributed by atoms with Crippen LogP contribution >= 0.6 is 15.9 Å². The minimum absolute atomic E-state index is 0.0185. The molecule has 0 aliphatic heterocycles. The van der Waals surface area contributed by atoms with Crippen molar-refractivity contribution in [2.45, 2.75) is 4.90 Å². The lowest BCUT2D eigenvalue weighted by molar-refractivity contribution is -0.383. The molecule has 0 unspecified atom stereocenters. The fraction of sp³-hybridized carbons (Fsp3) is 0. The molecule has 0 heterocycles. The molecule has 0 aliphatic carbocycles. The zero-order chi connectivity index (χ0) is 14.8. The van der Waals surface area contributed by atoms with Gasteiger partial charge in [0, 0.05) is 10.5 Å². The third kappa shape index (κ3) is 3.14. The van der Waals surface area contributed by atoms with E-state index in [9.17, 15) is 18.5 Å². The van der Waals surface area contributed by atoms with Crippen LogP contribution in [-0.4, -0.2) is 13.3 Å². The Bertz CT molecular complexity index is 762. The second kappa shape index (κ2) is 5.59. The first-order valence-corrected chi connectivity index (χ1v) is 7.69. The number of halogens is 1. The van der Waals surface area contributed by atoms with Crippen molar-refractivity contribution in [3.8, 4) is 0 Å². The molecule has 2 aromatic rings. The van der Waals surface area contributed by atoms with Gasteiger partial charge in [0.05, 0.1) is 9.82 Å². The maximum atomic E-state index is 12.2. The van der Waals surface area contributed by atoms with Crippen LogP contribution in [0.15, 0.2) is 57.9 Å². The van der Waals surface area contributed by atoms with Gasteiger partial charge in [-0.05, 0) is 24.3 Å². The largest absolute Gasteiger partial charge is 0.293 e. The van der Waals surface area contributed by atoms with Gasteiger partial charge in [0.15, 0.2) is 0 Å². The van der Waals surface area contributed by atoms with E-state index in [2.05, 4.69) is 20.7 Å². The Morgan fingerprint density at radius 2 is 1.80 bits per heavy atom. The first kappa shape index (κ1) is 14.5. The lowest BCUT2D eigenvalue weighted by Crippen LogP contribution is -2.14. The van der Waals surface area contributed by atoms with E-state index in [4.69, 9.17) is 0 Å². The molecule has 0 aliphatic rings. The highest BCUT2D eigenvalue weighted by Crippen LogP contribution is 2.26. The van der Waals surface area contributed by atoms with Crippen molar-refractivity contribution < 1.29 is 13.3 Å². The van der Waals surface area contributed by atoms with Gasteiger partial charge < -0.3 is 0 Å². The highest BCUT2D eigenvalue weighted by atomic mass is 79.9. The fourth-order valence-electron chi connectivity index (χ4n) is 1.56. The summed E-state index contributed by atoms with van der Waals surface area (Å²) in [6.45, 7) is 0. The predicted octanol–water partition coefficient (Wildman–Crippen LogP) is 3.16. The summed E-state index contributed by atoms with van der Waals surface area (Å²) < 4.78 is 27.2. The second-order valence-corrected chi connectivity index (χ2v) is 6.44. The van der Waals surface area contributed by atoms with E-state index in [-0.39, 0.29) is 16.3 Å². The standard InChI is InChI=1S/C12H9BrN2O4S/c13-9-4-3-5-10(8-9)20(18,19)14-11-6-1-2-7-12(11)15(16)17/h1-8,14H. The Balaban J connectivity index is 2.41. The molecule has 8 heteroatoms. The molecule has 0 fully saturated rings. The van der Waals surface area contributed by atoms with Crippen LogP contribution in [0.4, 0.5) is 11.4 Å². The third-order valence-corrected chi connectivity index (χ3v) is 4.31. The molecule has 20 heavy (non-hydrogen) atoms. The lowest BCUT2D eigenvalue weighted by Gasteiger charge is -2.08. The number of rotatable bonds is 4. The van der Waals surface area contributed by atoms with Crippen molar-refractivity contribution in [2.75, 3.05) is 4.72 Å². The third-order valence-electron chi connectivity index (χ3n) is 2.45. The average molecular weight is 357 g/mol. The number of sulfonamides is 1. The van der Waals surface area contributed by atoms with Crippen LogP contribution in [0, 0.1) is 10.1 Å². The van der Waals surface area contributed by atoms with E-state index in [1.807, 2.05) is 0 Å². The first-order chi connectivity index (χ1) is 9.40. The van der Waals surface area contributed by atoms with Crippen LogP contribution in [0.25, 0.3) is 0 Å². The number of benzene rings is 2. The summed E-state index contributed by atoms with van der Waals surface area (Å²) in [7, 11) is -3.88. The quantitative estimate of drug-likeness (QED) is 0.672. The highest BCUT2D eigenvalue weighted by molar-refractivity contribution is 9.10. The number of anilines is 1. The monoisotopic (exact) mass is 356 g/mol. The first-order valence-electron chi connectivity index (χ1n) is 5.42. The Labute approximate surface area is 123 Å². The zero-order valence-electron chi connectivity index (χ0n) is 9.99. The number of nitro groups is 1. The normalized spacial score (nSPS) is 11.1. The van der Waals surface area contributed by atoms with E-state index in [0.29, 0.717) is 4.47 Å². The van der Waals surface area contributed by atoms with Gasteiger partial charge in [-0.3, -0.25) is 14.8 Å². The van der Waals surface area contributed by atoms with Gasteiger partial charge in [0.1, 0.15) is 5.69 Å². The molecule has 2 rings (SSSR count). The summed E-state index contributed by atoms with van der Waals surface area (Å²) >= 11 is 3.18. The van der Waals surface area contributed by atoms with E-state index in [1.165, 1.54) is 36.4 Å². The number of para-hydroxylation sites is 2. The number of nitrogens with one attached hydrogen (secondary N) is 1. The number of hydrogen-bond donors (Lipinski definition) is 1. The molecule has 104 valence electrons. The molecule has 0 amide bonds. The Morgan fingerprint density at radius 3 is 2.45 bits per heavy atom. The molecule has 0 saturated heterocycles. The number of nitrogens with zero attached hydrogens (tertiary/aromatic N) is 1. The summed E-state index contributed by atoms with van der Waals surface area (Å²) in [6.07, 6.45) is 0. The Morgan fingerprint density at radius 1 is 1.10 bits per heavy atom. The van der Waals surface area contributed by atoms with E-state index in [0.717, 1.165) is 0 Å². The minimum Gasteiger partial charge on any atom is -0.273 e. The summed E-state index contributed by atoms with van der Waals surface area (Å²) in [5, 5.41) is 10.9. The minimum atomic E-state index is -3.88. The van der Waals surface area contributed by atoms with E-state index < -0.39 is 14.9 Å². The van der Waals surface area contributed by atoms with Crippen LogP contribution < -0.4 is 4.72 Å². The molecule has 0 aromatic heterocycles. The summed E-state index contributed by atoms with van der Waals surface area (Å²) in [5.74, 6) is 0. The molecule has 0 saturated carbocycles. The predicted molar refractivity (Wildman–Crippen MR) is 78.0 cm³/mol. The van der Waals surface area contributed by atoms with Crippen molar-refractivity contribution in [1.29, 1.82) is 0 Å². The van der Waals surface area contributed by atoms with Crippen molar-refractivity contribution >= 4 is 37.3 Å². The maximum absolute atomic E-state index is 12.2. The molecule has 6 nitrogen and oxygen atoms in total. The Hall–Kier alpha value is -1.93. The van der Waals surface area contributed by atoms with E-state index in [1.54, 1.807) is 12.1 Å². The van der Waals surface area contributed by atoms with Gasteiger partial charge in [-0.1, -0.05) is 34.1 Å². The smallest absolute Gasteiger partial charge is 0.273 e. The zero-order valence-corrected chi connectivity index (χ0v) is 12.4. The molecular formula is C12H9BrN2O4S. The molecule has 0 radical (unpaired) electrons. The van der Waals surface area contributed by atoms with Gasteiger partial charge in [-0.15, -0.1) is 0 Å². The molecule has 0 spiro atoms. The number of hydrogen-bond acceptors (Lipinski definition) is 4. The number of nitro benzene ring substituents is 1. The Kier molecular flexibility index (Phi) is 4.05. The van der Waals surface area contributed by atoms with Crippen LogP contribution in [0.2, 0.25) is 0 Å². The van der Waals surface area contributed by atoms with Gasteiger partial charge in [0.2, 0.25) is 0 Å². The van der Waals surface area contributed by atoms with Crippen molar-refractivity contribution in [3.05, 3.63) is 63.1 Å². The molecule has 2 aromatic carbocycles. The van der Waals surface area contributed by atoms with Crippen LogP contribution in [-0.2, 0) is 10.0 Å². The summed E-state index contributed by atoms with van der Waals surface area (Å²) in [6, 6.07) is 11.6.